The maximum Gasteiger partial charge on any atom is 3.00 e. The Morgan fingerprint density at radius 2 is 0.571 bits per heavy atom. The van der Waals surface area contributed by atoms with Crippen molar-refractivity contribution in [1.82, 2.24) is 0 Å². The summed E-state index contributed by atoms with van der Waals surface area (Å²) in [4.78, 5) is 0. The van der Waals surface area contributed by atoms with Crippen LogP contribution in [0, 0.1) is 20.8 Å². The minimum atomic E-state index is 0. The molecule has 0 heterocycles. The Kier molecular flexibility index (Phi) is 1460. The van der Waals surface area contributed by atoms with Gasteiger partial charge < -0.3 is 20.8 Å². The van der Waals surface area contributed by atoms with E-state index in [1.54, 1.807) is 20.8 Å². The van der Waals surface area contributed by atoms with Gasteiger partial charge in [0.25, 0.3) is 0 Å². The maximum atomic E-state index is 3.25. The second kappa shape index (κ2) is 405. The van der Waals surface area contributed by atoms with Crippen LogP contribution in [0.3, 0.4) is 0 Å². The fourth-order valence-electron chi connectivity index (χ4n) is 0. The van der Waals surface area contributed by atoms with E-state index in [9.17, 15) is 0 Å². The van der Waals surface area contributed by atoms with Gasteiger partial charge in [-0.2, -0.15) is 20.8 Å². The molecule has 0 radical (unpaired) electrons. The molecule has 7 heavy (non-hydrogen) atoms. The van der Waals surface area contributed by atoms with Gasteiger partial charge in [-0.25, -0.2) is 0 Å². The van der Waals surface area contributed by atoms with Crippen LogP contribution in [0.25, 0.3) is 0 Å². The third kappa shape index (κ3) is 276. The molecule has 0 spiro atoms. The molecule has 0 rings (SSSR count). The van der Waals surface area contributed by atoms with Crippen molar-refractivity contribution in [3.8, 4) is 0 Å². The van der Waals surface area contributed by atoms with E-state index in [1.807, 2.05) is 0 Å². The predicted octanol–water partition coefficient (Wildman–Crippen LogP) is 2.52. The van der Waals surface area contributed by atoms with Crippen molar-refractivity contribution in [3.63, 3.8) is 0 Å². The van der Waals surface area contributed by atoms with Crippen molar-refractivity contribution < 1.29 is 22.4 Å². The minimum absolute atomic E-state index is 0. The standard InChI is InChI=1S/3C2H5.Au/c3*1-2;/h3*1H2,2H3;/q3*-1;+3. The first-order chi connectivity index (χ1) is 3.00. The van der Waals surface area contributed by atoms with Gasteiger partial charge in [0.1, 0.15) is 0 Å². The second-order valence-electron chi connectivity index (χ2n) is 0. The molecular weight excluding hydrogens is 269 g/mol. The summed E-state index contributed by atoms with van der Waals surface area (Å²) in [7, 11) is 0. The van der Waals surface area contributed by atoms with Crippen LogP contribution in [0.4, 0.5) is 0 Å². The number of hydrogen-bond acceptors (Lipinski definition) is 0. The van der Waals surface area contributed by atoms with Crippen molar-refractivity contribution in [1.29, 1.82) is 0 Å². The molecule has 0 aromatic rings. The van der Waals surface area contributed by atoms with Crippen LogP contribution in [-0.4, -0.2) is 0 Å². The first-order valence-electron chi connectivity index (χ1n) is 2.12. The summed E-state index contributed by atoms with van der Waals surface area (Å²) in [6, 6.07) is 0. The van der Waals surface area contributed by atoms with Crippen molar-refractivity contribution in [3.05, 3.63) is 20.8 Å². The quantitative estimate of drug-likeness (QED) is 0.473. The second-order valence-corrected chi connectivity index (χ2v) is 0. The van der Waals surface area contributed by atoms with Gasteiger partial charge in [-0.1, -0.05) is 0 Å². The number of rotatable bonds is 0. The molecule has 0 atom stereocenters. The molecule has 50 valence electrons. The van der Waals surface area contributed by atoms with Gasteiger partial charge in [0.15, 0.2) is 0 Å². The average Bonchev–Trinajstić information content (AvgIpc) is 1.81. The van der Waals surface area contributed by atoms with Crippen molar-refractivity contribution in [2.75, 3.05) is 0 Å². The molecule has 0 aliphatic heterocycles. The Hall–Kier alpha value is 0.740. The molecule has 0 saturated carbocycles. The van der Waals surface area contributed by atoms with Gasteiger partial charge in [-0.3, -0.25) is 0 Å². The van der Waals surface area contributed by atoms with Crippen LogP contribution in [0.5, 0.6) is 0 Å². The zero-order valence-electron chi connectivity index (χ0n) is 5.42. The fourth-order valence-corrected chi connectivity index (χ4v) is 0. The molecule has 0 aromatic heterocycles. The van der Waals surface area contributed by atoms with E-state index in [0.29, 0.717) is 0 Å². The molecule has 0 bridgehead atoms. The fraction of sp³-hybridized carbons (Fsp3) is 0.500. The molecule has 0 aliphatic carbocycles. The van der Waals surface area contributed by atoms with E-state index in [2.05, 4.69) is 20.8 Å². The van der Waals surface area contributed by atoms with Gasteiger partial charge in [0.05, 0.1) is 0 Å². The smallest absolute Gasteiger partial charge is 0.346 e. The van der Waals surface area contributed by atoms with Crippen molar-refractivity contribution >= 4 is 0 Å². The van der Waals surface area contributed by atoms with Crippen molar-refractivity contribution in [2.45, 2.75) is 20.8 Å². The molecule has 0 saturated heterocycles. The molecule has 1 heteroatoms. The SMILES string of the molecule is [Au+3].[CH2-]C.[CH2-]C.[CH2-]C. The van der Waals surface area contributed by atoms with E-state index < -0.39 is 0 Å². The first-order valence-corrected chi connectivity index (χ1v) is 2.12. The van der Waals surface area contributed by atoms with E-state index in [0.717, 1.165) is 0 Å². The largest absolute Gasteiger partial charge is 3.00 e. The van der Waals surface area contributed by atoms with Crippen LogP contribution in [0.1, 0.15) is 20.8 Å². The Morgan fingerprint density at radius 1 is 0.571 bits per heavy atom. The third-order valence-corrected chi connectivity index (χ3v) is 0. The maximum absolute atomic E-state index is 3.25. The molecule has 0 aliphatic rings. The monoisotopic (exact) mass is 284 g/mol. The Balaban J connectivity index is -0.00000000900. The Bertz CT molecular complexity index is 4.14. The molecule has 0 amide bonds. The zero-order chi connectivity index (χ0) is 6.00. The van der Waals surface area contributed by atoms with Crippen LogP contribution >= 0.6 is 0 Å². The van der Waals surface area contributed by atoms with Gasteiger partial charge in [0.2, 0.25) is 0 Å². The summed E-state index contributed by atoms with van der Waals surface area (Å²) in [6.07, 6.45) is 0. The van der Waals surface area contributed by atoms with Gasteiger partial charge in [0, 0.05) is 0 Å². The Morgan fingerprint density at radius 3 is 0.571 bits per heavy atom. The molecule has 0 nitrogen and oxygen atoms in total. The van der Waals surface area contributed by atoms with E-state index >= 15 is 0 Å². The van der Waals surface area contributed by atoms with E-state index in [-0.39, 0.29) is 22.4 Å². The third-order valence-electron chi connectivity index (χ3n) is 0. The summed E-state index contributed by atoms with van der Waals surface area (Å²) in [5, 5.41) is 0. The summed E-state index contributed by atoms with van der Waals surface area (Å²) in [5.41, 5.74) is 0. The van der Waals surface area contributed by atoms with Gasteiger partial charge in [-0.05, 0) is 0 Å². The number of hydrogen-bond donors (Lipinski definition) is 0. The summed E-state index contributed by atoms with van der Waals surface area (Å²) in [5.74, 6) is 0. The van der Waals surface area contributed by atoms with Crippen LogP contribution in [0.2, 0.25) is 0 Å². The Labute approximate surface area is 64.2 Å². The van der Waals surface area contributed by atoms with Gasteiger partial charge in [-0.15, -0.1) is 0 Å². The zero-order valence-corrected chi connectivity index (χ0v) is 7.59. The normalized spacial score (nSPS) is 2.57. The van der Waals surface area contributed by atoms with E-state index in [4.69, 9.17) is 0 Å². The molecule has 0 unspecified atom stereocenters. The predicted molar refractivity (Wildman–Crippen MR) is 33.1 cm³/mol. The molecular formula is C6H15Au. The summed E-state index contributed by atoms with van der Waals surface area (Å²) < 4.78 is 0. The van der Waals surface area contributed by atoms with Crippen LogP contribution in [-0.2, 0) is 22.4 Å². The van der Waals surface area contributed by atoms with E-state index in [1.165, 1.54) is 0 Å². The first kappa shape index (κ1) is 25.1. The molecule has 0 aromatic carbocycles. The minimum Gasteiger partial charge on any atom is -0.346 e. The van der Waals surface area contributed by atoms with Crippen LogP contribution < -0.4 is 0 Å². The molecule has 0 N–H and O–H groups in total. The van der Waals surface area contributed by atoms with Gasteiger partial charge >= 0.3 is 22.4 Å². The topological polar surface area (TPSA) is 0 Å². The molecule has 0 fully saturated rings. The average molecular weight is 284 g/mol. The summed E-state index contributed by atoms with van der Waals surface area (Å²) in [6.45, 7) is 15.0. The summed E-state index contributed by atoms with van der Waals surface area (Å²) >= 11 is 0. The van der Waals surface area contributed by atoms with Crippen LogP contribution in [0.15, 0.2) is 0 Å². The van der Waals surface area contributed by atoms with Crippen molar-refractivity contribution in [2.24, 2.45) is 0 Å².